The Hall–Kier alpha value is -0.910. The molecule has 0 saturated carbocycles. The minimum absolute atomic E-state index is 0.527. The van der Waals surface area contributed by atoms with Gasteiger partial charge in [0.05, 0.1) is 7.11 Å². The number of thiazole rings is 1. The van der Waals surface area contributed by atoms with Crippen molar-refractivity contribution in [3.05, 3.63) is 33.7 Å². The van der Waals surface area contributed by atoms with Gasteiger partial charge in [-0.05, 0) is 18.2 Å². The van der Waals surface area contributed by atoms with Crippen LogP contribution in [0.5, 0.6) is 5.75 Å². The van der Waals surface area contributed by atoms with Crippen molar-refractivity contribution in [2.24, 2.45) is 5.73 Å². The Balaban J connectivity index is 2.45. The molecule has 3 nitrogen and oxygen atoms in total. The van der Waals surface area contributed by atoms with Gasteiger partial charge in [-0.25, -0.2) is 4.98 Å². The van der Waals surface area contributed by atoms with Crippen LogP contribution < -0.4 is 10.5 Å². The molecule has 2 N–H and O–H groups in total. The van der Waals surface area contributed by atoms with Gasteiger partial charge in [-0.1, -0.05) is 15.9 Å². The van der Waals surface area contributed by atoms with Gasteiger partial charge in [0.2, 0.25) is 0 Å². The van der Waals surface area contributed by atoms with Crippen LogP contribution in [-0.4, -0.2) is 12.1 Å². The lowest BCUT2D eigenvalue weighted by atomic mass is 10.2. The maximum absolute atomic E-state index is 5.57. The number of nitrogens with zero attached hydrogens (tertiary/aromatic N) is 1. The molecule has 84 valence electrons. The van der Waals surface area contributed by atoms with Crippen molar-refractivity contribution in [2.45, 2.75) is 6.54 Å². The fraction of sp³-hybridized carbons (Fsp3) is 0.182. The Bertz CT molecular complexity index is 498. The van der Waals surface area contributed by atoms with Crippen LogP contribution in [0.15, 0.2) is 28.9 Å². The van der Waals surface area contributed by atoms with E-state index in [4.69, 9.17) is 10.5 Å². The minimum Gasteiger partial charge on any atom is -0.497 e. The molecule has 0 amide bonds. The predicted molar refractivity (Wildman–Crippen MR) is 69.7 cm³/mol. The summed E-state index contributed by atoms with van der Waals surface area (Å²) in [6, 6.07) is 5.83. The Kier molecular flexibility index (Phi) is 3.58. The van der Waals surface area contributed by atoms with Gasteiger partial charge in [0.25, 0.3) is 0 Å². The number of aromatic nitrogens is 1. The van der Waals surface area contributed by atoms with Crippen LogP contribution >= 0.6 is 27.3 Å². The lowest BCUT2D eigenvalue weighted by molar-refractivity contribution is 0.415. The van der Waals surface area contributed by atoms with Crippen molar-refractivity contribution < 1.29 is 4.74 Å². The molecule has 0 spiro atoms. The van der Waals surface area contributed by atoms with Gasteiger partial charge in [0, 0.05) is 27.7 Å². The fourth-order valence-corrected chi connectivity index (χ4v) is 2.71. The number of methoxy groups -OCH3 is 1. The zero-order chi connectivity index (χ0) is 11.5. The molecule has 0 fully saturated rings. The van der Waals surface area contributed by atoms with E-state index in [1.165, 1.54) is 0 Å². The van der Waals surface area contributed by atoms with E-state index in [1.807, 2.05) is 24.4 Å². The third-order valence-electron chi connectivity index (χ3n) is 2.16. The summed E-state index contributed by atoms with van der Waals surface area (Å²) in [5.41, 5.74) is 6.60. The minimum atomic E-state index is 0.527. The first-order chi connectivity index (χ1) is 7.74. The van der Waals surface area contributed by atoms with E-state index in [2.05, 4.69) is 20.9 Å². The first kappa shape index (κ1) is 11.6. The first-order valence-electron chi connectivity index (χ1n) is 4.73. The van der Waals surface area contributed by atoms with Crippen molar-refractivity contribution in [1.82, 2.24) is 4.98 Å². The van der Waals surface area contributed by atoms with Crippen LogP contribution in [0.25, 0.3) is 10.6 Å². The molecule has 1 aromatic heterocycles. The fourth-order valence-electron chi connectivity index (χ4n) is 1.32. The maximum atomic E-state index is 5.57. The summed E-state index contributed by atoms with van der Waals surface area (Å²) >= 11 is 5.11. The van der Waals surface area contributed by atoms with Crippen molar-refractivity contribution in [1.29, 1.82) is 0 Å². The second-order valence-corrected chi connectivity index (χ2v) is 5.15. The molecule has 0 radical (unpaired) electrons. The summed E-state index contributed by atoms with van der Waals surface area (Å²) in [5.74, 6) is 0.822. The topological polar surface area (TPSA) is 48.1 Å². The van der Waals surface area contributed by atoms with Crippen molar-refractivity contribution >= 4 is 27.3 Å². The molecule has 0 aliphatic heterocycles. The van der Waals surface area contributed by atoms with Gasteiger partial charge in [0.1, 0.15) is 10.8 Å². The van der Waals surface area contributed by atoms with E-state index < -0.39 is 0 Å². The van der Waals surface area contributed by atoms with Gasteiger partial charge >= 0.3 is 0 Å². The third kappa shape index (κ3) is 2.26. The van der Waals surface area contributed by atoms with Gasteiger partial charge in [0.15, 0.2) is 0 Å². The summed E-state index contributed by atoms with van der Waals surface area (Å²) in [5, 5.41) is 0.950. The summed E-state index contributed by atoms with van der Waals surface area (Å²) in [6.45, 7) is 0.527. The Morgan fingerprint density at radius 3 is 2.94 bits per heavy atom. The molecule has 1 heterocycles. The van der Waals surface area contributed by atoms with Gasteiger partial charge in [-0.3, -0.25) is 0 Å². The van der Waals surface area contributed by atoms with Gasteiger partial charge in [-0.2, -0.15) is 0 Å². The second-order valence-electron chi connectivity index (χ2n) is 3.18. The van der Waals surface area contributed by atoms with E-state index in [9.17, 15) is 0 Å². The number of nitrogens with two attached hydrogens (primary N) is 1. The normalized spacial score (nSPS) is 10.4. The SMILES string of the molecule is COc1ccc(Br)c(-c2ncc(CN)s2)c1. The second kappa shape index (κ2) is 4.95. The van der Waals surface area contributed by atoms with E-state index >= 15 is 0 Å². The molecular formula is C11H11BrN2OS. The molecule has 2 aromatic rings. The van der Waals surface area contributed by atoms with Gasteiger partial charge < -0.3 is 10.5 Å². The molecule has 0 bridgehead atoms. The quantitative estimate of drug-likeness (QED) is 0.947. The van der Waals surface area contributed by atoms with E-state index in [0.717, 1.165) is 25.7 Å². The van der Waals surface area contributed by atoms with Gasteiger partial charge in [-0.15, -0.1) is 11.3 Å². The first-order valence-corrected chi connectivity index (χ1v) is 6.34. The zero-order valence-corrected chi connectivity index (χ0v) is 11.1. The maximum Gasteiger partial charge on any atom is 0.124 e. The Morgan fingerprint density at radius 2 is 2.31 bits per heavy atom. The highest BCUT2D eigenvalue weighted by atomic mass is 79.9. The third-order valence-corrected chi connectivity index (χ3v) is 3.90. The molecule has 0 aliphatic carbocycles. The van der Waals surface area contributed by atoms with Crippen LogP contribution in [0.2, 0.25) is 0 Å². The van der Waals surface area contributed by atoms with Crippen LogP contribution in [0.3, 0.4) is 0 Å². The van der Waals surface area contributed by atoms with Crippen LogP contribution in [0, 0.1) is 0 Å². The Labute approximate surface area is 106 Å². The average Bonchev–Trinajstić information content (AvgIpc) is 2.78. The number of hydrogen-bond acceptors (Lipinski definition) is 4. The predicted octanol–water partition coefficient (Wildman–Crippen LogP) is 3.04. The van der Waals surface area contributed by atoms with Crippen molar-refractivity contribution in [3.8, 4) is 16.3 Å². The molecule has 0 atom stereocenters. The highest BCUT2D eigenvalue weighted by Crippen LogP contribution is 2.34. The van der Waals surface area contributed by atoms with E-state index in [-0.39, 0.29) is 0 Å². The number of benzene rings is 1. The molecule has 5 heteroatoms. The smallest absolute Gasteiger partial charge is 0.124 e. The van der Waals surface area contributed by atoms with Crippen molar-refractivity contribution in [2.75, 3.05) is 7.11 Å². The van der Waals surface area contributed by atoms with E-state index in [0.29, 0.717) is 6.54 Å². The van der Waals surface area contributed by atoms with E-state index in [1.54, 1.807) is 18.4 Å². The Morgan fingerprint density at radius 1 is 1.50 bits per heavy atom. The number of halogens is 1. The molecule has 2 rings (SSSR count). The molecule has 1 aromatic carbocycles. The lowest BCUT2D eigenvalue weighted by Crippen LogP contribution is -1.91. The van der Waals surface area contributed by atoms with Crippen LogP contribution in [-0.2, 0) is 6.54 Å². The molecule has 16 heavy (non-hydrogen) atoms. The lowest BCUT2D eigenvalue weighted by Gasteiger charge is -2.04. The zero-order valence-electron chi connectivity index (χ0n) is 8.74. The number of ether oxygens (including phenoxy) is 1. The number of hydrogen-bond donors (Lipinski definition) is 1. The average molecular weight is 299 g/mol. The molecule has 0 unspecified atom stereocenters. The largest absolute Gasteiger partial charge is 0.497 e. The summed E-state index contributed by atoms with van der Waals surface area (Å²) < 4.78 is 6.20. The molecule has 0 aliphatic rings. The van der Waals surface area contributed by atoms with Crippen LogP contribution in [0.4, 0.5) is 0 Å². The summed E-state index contributed by atoms with van der Waals surface area (Å²) in [6.07, 6.45) is 1.81. The number of rotatable bonds is 3. The molecule has 0 saturated heterocycles. The summed E-state index contributed by atoms with van der Waals surface area (Å²) in [4.78, 5) is 5.42. The highest BCUT2D eigenvalue weighted by molar-refractivity contribution is 9.10. The monoisotopic (exact) mass is 298 g/mol. The highest BCUT2D eigenvalue weighted by Gasteiger charge is 2.09. The summed E-state index contributed by atoms with van der Waals surface area (Å²) in [7, 11) is 1.65. The van der Waals surface area contributed by atoms with Crippen LogP contribution in [0.1, 0.15) is 4.88 Å². The standard InChI is InChI=1S/C11H11BrN2OS/c1-15-7-2-3-10(12)9(4-7)11-14-6-8(5-13)16-11/h2-4,6H,5,13H2,1H3. The molecular weight excluding hydrogens is 288 g/mol. The van der Waals surface area contributed by atoms with Crippen molar-refractivity contribution in [3.63, 3.8) is 0 Å².